The number of non-ortho nitro benzene ring substituents is 1. The van der Waals surface area contributed by atoms with Gasteiger partial charge in [0, 0.05) is 23.4 Å². The van der Waals surface area contributed by atoms with Crippen molar-refractivity contribution in [2.45, 2.75) is 6.18 Å². The number of benzene rings is 2. The van der Waals surface area contributed by atoms with Gasteiger partial charge in [0.2, 0.25) is 0 Å². The smallest absolute Gasteiger partial charge is 0.322 e. The van der Waals surface area contributed by atoms with Crippen molar-refractivity contribution in [2.24, 2.45) is 0 Å². The molecule has 1 amide bonds. The number of nitrogens with zero attached hydrogens (tertiary/aromatic N) is 3. The molecular weight excluding hydrogens is 445 g/mol. The molecule has 162 valence electrons. The number of hydrogen-bond donors (Lipinski definition) is 1. The van der Waals surface area contributed by atoms with Crippen molar-refractivity contribution in [2.75, 3.05) is 5.32 Å². The van der Waals surface area contributed by atoms with E-state index >= 15 is 0 Å². The minimum absolute atomic E-state index is 0.105. The van der Waals surface area contributed by atoms with Crippen LogP contribution in [0.4, 0.5) is 24.5 Å². The number of anilines is 1. The van der Waals surface area contributed by atoms with E-state index in [0.29, 0.717) is 16.3 Å². The lowest BCUT2D eigenvalue weighted by atomic mass is 10.2. The zero-order chi connectivity index (χ0) is 22.9. The highest BCUT2D eigenvalue weighted by Gasteiger charge is 2.35. The van der Waals surface area contributed by atoms with E-state index in [-0.39, 0.29) is 16.9 Å². The second kappa shape index (κ2) is 8.27. The van der Waals surface area contributed by atoms with E-state index in [2.05, 4.69) is 10.4 Å². The molecule has 0 saturated carbocycles. The van der Waals surface area contributed by atoms with E-state index in [1.54, 1.807) is 17.5 Å². The minimum atomic E-state index is -4.60. The number of thiophene rings is 1. The number of carbonyl (C=O) groups is 1. The number of nitro groups is 1. The van der Waals surface area contributed by atoms with Gasteiger partial charge in [-0.3, -0.25) is 14.9 Å². The number of rotatable bonds is 5. The third-order valence-corrected chi connectivity index (χ3v) is 5.38. The Morgan fingerprint density at radius 2 is 1.75 bits per heavy atom. The van der Waals surface area contributed by atoms with Crippen LogP contribution >= 0.6 is 11.3 Å². The summed E-state index contributed by atoms with van der Waals surface area (Å²) in [6.45, 7) is 0. The van der Waals surface area contributed by atoms with Gasteiger partial charge in [0.05, 0.1) is 21.2 Å². The molecule has 0 spiro atoms. The molecule has 11 heteroatoms. The SMILES string of the molecule is O=C(Nc1ccc([N+](=O)[O-])cc1)c1ccc(-n2nc(C(F)(F)F)cc2-c2cccs2)cc1. The topological polar surface area (TPSA) is 90.1 Å². The van der Waals surface area contributed by atoms with Gasteiger partial charge in [0.15, 0.2) is 5.69 Å². The molecule has 0 radical (unpaired) electrons. The van der Waals surface area contributed by atoms with E-state index in [9.17, 15) is 28.1 Å². The van der Waals surface area contributed by atoms with Gasteiger partial charge in [-0.05, 0) is 53.9 Å². The Kier molecular flexibility index (Phi) is 5.49. The Labute approximate surface area is 182 Å². The fraction of sp³-hybridized carbons (Fsp3) is 0.0476. The van der Waals surface area contributed by atoms with Crippen LogP contribution in [0.3, 0.4) is 0 Å². The van der Waals surface area contributed by atoms with Gasteiger partial charge in [-0.1, -0.05) is 6.07 Å². The standard InChI is InChI=1S/C21H13F3N4O3S/c22-21(23,24)19-12-17(18-2-1-11-32-18)27(26-19)15-7-3-13(4-8-15)20(29)25-14-5-9-16(10-6-14)28(30)31/h1-12H,(H,25,29). The summed E-state index contributed by atoms with van der Waals surface area (Å²) in [4.78, 5) is 23.2. The molecule has 1 N–H and O–H groups in total. The first-order valence-electron chi connectivity index (χ1n) is 9.10. The van der Waals surface area contributed by atoms with Crippen molar-refractivity contribution in [3.8, 4) is 16.3 Å². The lowest BCUT2D eigenvalue weighted by Gasteiger charge is -2.08. The lowest BCUT2D eigenvalue weighted by Crippen LogP contribution is -2.12. The fourth-order valence-electron chi connectivity index (χ4n) is 2.94. The Balaban J connectivity index is 1.59. The van der Waals surface area contributed by atoms with Crippen LogP contribution in [-0.4, -0.2) is 20.6 Å². The molecule has 32 heavy (non-hydrogen) atoms. The third kappa shape index (κ3) is 4.37. The molecule has 7 nitrogen and oxygen atoms in total. The number of nitrogens with one attached hydrogen (secondary N) is 1. The summed E-state index contributed by atoms with van der Waals surface area (Å²) in [5.41, 5.74) is 0.151. The first-order chi connectivity index (χ1) is 15.2. The van der Waals surface area contributed by atoms with Gasteiger partial charge in [0.1, 0.15) is 0 Å². The van der Waals surface area contributed by atoms with E-state index in [1.807, 2.05) is 0 Å². The maximum absolute atomic E-state index is 13.2. The molecule has 2 aromatic heterocycles. The second-order valence-electron chi connectivity index (χ2n) is 6.61. The number of halogens is 3. The van der Waals surface area contributed by atoms with E-state index in [0.717, 1.165) is 6.07 Å². The van der Waals surface area contributed by atoms with Gasteiger partial charge < -0.3 is 5.32 Å². The molecule has 0 aliphatic carbocycles. The molecule has 0 aliphatic rings. The molecule has 0 aliphatic heterocycles. The monoisotopic (exact) mass is 458 g/mol. The Bertz CT molecular complexity index is 1270. The molecule has 2 aromatic carbocycles. The number of nitro benzene ring substituents is 1. The largest absolute Gasteiger partial charge is 0.435 e. The molecule has 0 atom stereocenters. The highest BCUT2D eigenvalue weighted by Crippen LogP contribution is 2.34. The van der Waals surface area contributed by atoms with Crippen LogP contribution in [0, 0.1) is 10.1 Å². The van der Waals surface area contributed by atoms with Crippen LogP contribution in [-0.2, 0) is 6.18 Å². The van der Waals surface area contributed by atoms with Gasteiger partial charge in [-0.15, -0.1) is 11.3 Å². The van der Waals surface area contributed by atoms with Crippen LogP contribution in [0.2, 0.25) is 0 Å². The van der Waals surface area contributed by atoms with Crippen LogP contribution in [0.25, 0.3) is 16.3 Å². The maximum atomic E-state index is 13.2. The maximum Gasteiger partial charge on any atom is 0.435 e. The van der Waals surface area contributed by atoms with Gasteiger partial charge in [-0.2, -0.15) is 18.3 Å². The lowest BCUT2D eigenvalue weighted by molar-refractivity contribution is -0.384. The van der Waals surface area contributed by atoms with E-state index < -0.39 is 22.7 Å². The van der Waals surface area contributed by atoms with Crippen LogP contribution in [0.5, 0.6) is 0 Å². The normalized spacial score (nSPS) is 11.3. The zero-order valence-corrected chi connectivity index (χ0v) is 16.9. The Morgan fingerprint density at radius 3 is 2.31 bits per heavy atom. The summed E-state index contributed by atoms with van der Waals surface area (Å²) in [5, 5.41) is 18.8. The number of aromatic nitrogens is 2. The number of amides is 1. The highest BCUT2D eigenvalue weighted by molar-refractivity contribution is 7.13. The quantitative estimate of drug-likeness (QED) is 0.303. The van der Waals surface area contributed by atoms with Crippen molar-refractivity contribution in [1.29, 1.82) is 0 Å². The van der Waals surface area contributed by atoms with Crippen molar-refractivity contribution in [1.82, 2.24) is 9.78 Å². The van der Waals surface area contributed by atoms with Crippen molar-refractivity contribution in [3.63, 3.8) is 0 Å². The molecule has 2 heterocycles. The highest BCUT2D eigenvalue weighted by atomic mass is 32.1. The summed E-state index contributed by atoms with van der Waals surface area (Å²) >= 11 is 1.29. The fourth-order valence-corrected chi connectivity index (χ4v) is 3.67. The van der Waals surface area contributed by atoms with Gasteiger partial charge >= 0.3 is 6.18 Å². The number of carbonyl (C=O) groups excluding carboxylic acids is 1. The van der Waals surface area contributed by atoms with E-state index in [4.69, 9.17) is 0 Å². The summed E-state index contributed by atoms with van der Waals surface area (Å²) < 4.78 is 40.9. The Hall–Kier alpha value is -3.99. The first kappa shape index (κ1) is 21.2. The van der Waals surface area contributed by atoms with Gasteiger partial charge in [-0.25, -0.2) is 4.68 Å². The minimum Gasteiger partial charge on any atom is -0.322 e. The summed E-state index contributed by atoms with van der Waals surface area (Å²) in [6, 6.07) is 15.7. The molecule has 0 saturated heterocycles. The second-order valence-corrected chi connectivity index (χ2v) is 7.55. The summed E-state index contributed by atoms with van der Waals surface area (Å²) in [5.74, 6) is -0.472. The zero-order valence-electron chi connectivity index (χ0n) is 16.0. The van der Waals surface area contributed by atoms with Crippen LogP contribution in [0.1, 0.15) is 16.1 Å². The predicted octanol–water partition coefficient (Wildman–Crippen LogP) is 5.78. The average molecular weight is 458 g/mol. The van der Waals surface area contributed by atoms with E-state index in [1.165, 1.54) is 64.5 Å². The predicted molar refractivity (Wildman–Crippen MR) is 113 cm³/mol. The molecule has 0 bridgehead atoms. The van der Waals surface area contributed by atoms with Crippen LogP contribution in [0.15, 0.2) is 72.1 Å². The number of hydrogen-bond acceptors (Lipinski definition) is 5. The molecular formula is C21H13F3N4O3S. The molecule has 4 aromatic rings. The summed E-state index contributed by atoms with van der Waals surface area (Å²) in [6.07, 6.45) is -4.60. The number of alkyl halides is 3. The molecule has 0 unspecified atom stereocenters. The van der Waals surface area contributed by atoms with Crippen molar-refractivity contribution in [3.05, 3.63) is 93.5 Å². The van der Waals surface area contributed by atoms with Crippen LogP contribution < -0.4 is 5.32 Å². The summed E-state index contributed by atoms with van der Waals surface area (Å²) in [7, 11) is 0. The van der Waals surface area contributed by atoms with Crippen molar-refractivity contribution < 1.29 is 22.9 Å². The molecule has 0 fully saturated rings. The Morgan fingerprint density at radius 1 is 1.06 bits per heavy atom. The first-order valence-corrected chi connectivity index (χ1v) is 9.98. The third-order valence-electron chi connectivity index (χ3n) is 4.48. The molecule has 4 rings (SSSR count). The average Bonchev–Trinajstić information content (AvgIpc) is 3.44. The van der Waals surface area contributed by atoms with Gasteiger partial charge in [0.25, 0.3) is 11.6 Å². The van der Waals surface area contributed by atoms with Crippen molar-refractivity contribution >= 4 is 28.6 Å².